The van der Waals surface area contributed by atoms with Gasteiger partial charge in [-0.2, -0.15) is 13.2 Å². The number of rotatable bonds is 5. The molecule has 1 saturated heterocycles. The molecule has 48 heavy (non-hydrogen) atoms. The number of nitrogens with zero attached hydrogens (tertiary/aromatic N) is 1. The van der Waals surface area contributed by atoms with E-state index in [1.54, 1.807) is 44.2 Å². The fourth-order valence-electron chi connectivity index (χ4n) is 5.09. The first kappa shape index (κ1) is 37.5. The summed E-state index contributed by atoms with van der Waals surface area (Å²) in [5, 5.41) is 12.7. The predicted octanol–water partition coefficient (Wildman–Crippen LogP) is 1.55. The molecule has 3 rings (SSSR count). The number of hydrogen-bond donors (Lipinski definition) is 5. The van der Waals surface area contributed by atoms with Gasteiger partial charge in [0.1, 0.15) is 24.2 Å². The van der Waals surface area contributed by atoms with Gasteiger partial charge in [0, 0.05) is 20.0 Å². The van der Waals surface area contributed by atoms with Crippen LogP contribution in [0.25, 0.3) is 0 Å². The second-order valence-electron chi connectivity index (χ2n) is 12.0. The van der Waals surface area contributed by atoms with Gasteiger partial charge >= 0.3 is 6.18 Å². The van der Waals surface area contributed by atoms with Crippen molar-refractivity contribution in [3.8, 4) is 0 Å². The minimum absolute atomic E-state index is 0.00452. The van der Waals surface area contributed by atoms with Crippen LogP contribution in [0.15, 0.2) is 54.6 Å². The largest absolute Gasteiger partial charge is 0.417 e. The van der Waals surface area contributed by atoms with Gasteiger partial charge in [-0.1, -0.05) is 56.3 Å². The Bertz CT molecular complexity index is 1490. The van der Waals surface area contributed by atoms with Crippen LogP contribution in [0.4, 0.5) is 13.2 Å². The summed E-state index contributed by atoms with van der Waals surface area (Å²) < 4.78 is 40.8. The average molecular weight is 675 g/mol. The second-order valence-corrected chi connectivity index (χ2v) is 12.0. The summed E-state index contributed by atoms with van der Waals surface area (Å²) in [4.78, 5) is 80.4. The Kier molecular flexibility index (Phi) is 13.1. The zero-order valence-corrected chi connectivity index (χ0v) is 27.1. The van der Waals surface area contributed by atoms with E-state index in [4.69, 9.17) is 0 Å². The molecule has 0 spiro atoms. The molecular weight excluding hydrogens is 633 g/mol. The summed E-state index contributed by atoms with van der Waals surface area (Å²) in [5.74, 6) is -5.03. The molecule has 0 radical (unpaired) electrons. The van der Waals surface area contributed by atoms with Gasteiger partial charge in [0.2, 0.25) is 29.5 Å². The van der Waals surface area contributed by atoms with Crippen molar-refractivity contribution in [2.45, 2.75) is 70.4 Å². The van der Waals surface area contributed by atoms with Gasteiger partial charge in [0.15, 0.2) is 0 Å². The van der Waals surface area contributed by atoms with Crippen LogP contribution in [0.1, 0.15) is 55.1 Å². The van der Waals surface area contributed by atoms with Crippen molar-refractivity contribution >= 4 is 35.4 Å². The smallest absolute Gasteiger partial charge is 0.355 e. The lowest BCUT2D eigenvalue weighted by Gasteiger charge is -2.28. The standard InChI is InChI=1S/C33H41F3N6O6/c1-19(2)27-31(47)38-20(3)28(44)40-25(17-21-11-6-5-7-12-21)32(48)42(4)18-26(43)37-16-10-15-24(30(46)41-27)39-29(45)22-13-8-9-14-23(22)33(34,35)36/h5-9,11-14,19-20,24-25,27H,10,15-18H2,1-4H3,(H,37,43)(H,38,47)(H,39,45)(H,40,44)(H,41,46)/t20-,24+,25+,27-/m1/s1. The van der Waals surface area contributed by atoms with E-state index in [0.717, 1.165) is 28.7 Å². The Balaban J connectivity index is 1.88. The van der Waals surface area contributed by atoms with E-state index >= 15 is 0 Å². The molecule has 4 atom stereocenters. The summed E-state index contributed by atoms with van der Waals surface area (Å²) in [6.07, 6.45) is -4.74. The van der Waals surface area contributed by atoms with Gasteiger partial charge in [-0.3, -0.25) is 28.8 Å². The molecule has 0 saturated carbocycles. The third-order valence-electron chi connectivity index (χ3n) is 7.74. The van der Waals surface area contributed by atoms with Gasteiger partial charge < -0.3 is 31.5 Å². The number of benzene rings is 2. The van der Waals surface area contributed by atoms with Gasteiger partial charge in [-0.25, -0.2) is 0 Å². The Morgan fingerprint density at radius 1 is 0.917 bits per heavy atom. The van der Waals surface area contributed by atoms with E-state index in [1.807, 2.05) is 0 Å². The summed E-state index contributed by atoms with van der Waals surface area (Å²) in [6, 6.07) is 8.20. The predicted molar refractivity (Wildman–Crippen MR) is 169 cm³/mol. The van der Waals surface area contributed by atoms with Crippen LogP contribution in [0.3, 0.4) is 0 Å². The first-order chi connectivity index (χ1) is 22.6. The minimum Gasteiger partial charge on any atom is -0.355 e. The van der Waals surface area contributed by atoms with Crippen LogP contribution in [-0.2, 0) is 36.6 Å². The quantitative estimate of drug-likeness (QED) is 0.323. The molecule has 0 unspecified atom stereocenters. The molecule has 1 aliphatic rings. The van der Waals surface area contributed by atoms with Crippen LogP contribution < -0.4 is 26.6 Å². The molecular formula is C33H41F3N6O6. The number of nitrogens with one attached hydrogen (secondary N) is 5. The third-order valence-corrected chi connectivity index (χ3v) is 7.74. The summed E-state index contributed by atoms with van der Waals surface area (Å²) in [7, 11) is 1.40. The maximum absolute atomic E-state index is 13.6. The van der Waals surface area contributed by atoms with E-state index < -0.39 is 82.8 Å². The second kappa shape index (κ2) is 16.7. The van der Waals surface area contributed by atoms with Crippen LogP contribution >= 0.6 is 0 Å². The molecule has 1 heterocycles. The molecule has 12 nitrogen and oxygen atoms in total. The fraction of sp³-hybridized carbons (Fsp3) is 0.455. The number of amides is 6. The molecule has 1 fully saturated rings. The molecule has 15 heteroatoms. The number of alkyl halides is 3. The molecule has 260 valence electrons. The lowest BCUT2D eigenvalue weighted by atomic mass is 10.0. The van der Waals surface area contributed by atoms with Crippen molar-refractivity contribution < 1.29 is 41.9 Å². The minimum atomic E-state index is -4.83. The zero-order chi connectivity index (χ0) is 35.6. The van der Waals surface area contributed by atoms with Crippen LogP contribution in [0.5, 0.6) is 0 Å². The summed E-state index contributed by atoms with van der Waals surface area (Å²) >= 11 is 0. The number of carbonyl (C=O) groups excluding carboxylic acids is 6. The Labute approximate surface area is 276 Å². The number of carbonyl (C=O) groups is 6. The molecule has 2 aromatic rings. The van der Waals surface area contributed by atoms with Gasteiger partial charge in [0.05, 0.1) is 17.7 Å². The lowest BCUT2D eigenvalue weighted by Crippen LogP contribution is -2.59. The first-order valence-electron chi connectivity index (χ1n) is 15.5. The van der Waals surface area contributed by atoms with Gasteiger partial charge in [0.25, 0.3) is 5.91 Å². The highest BCUT2D eigenvalue weighted by atomic mass is 19.4. The molecule has 1 aliphatic heterocycles. The third kappa shape index (κ3) is 10.5. The maximum atomic E-state index is 13.6. The topological polar surface area (TPSA) is 166 Å². The van der Waals surface area contributed by atoms with Crippen molar-refractivity contribution in [2.75, 3.05) is 20.1 Å². The van der Waals surface area contributed by atoms with Crippen LogP contribution in [0, 0.1) is 5.92 Å². The Hall–Kier alpha value is -4.95. The van der Waals surface area contributed by atoms with Gasteiger partial charge in [-0.05, 0) is 43.4 Å². The lowest BCUT2D eigenvalue weighted by molar-refractivity contribution is -0.139. The normalized spacial score (nSPS) is 22.5. The van der Waals surface area contributed by atoms with E-state index in [0.29, 0.717) is 0 Å². The SMILES string of the molecule is CC(C)[C@H]1NC(=O)[C@@H](NC(=O)c2ccccc2C(F)(F)F)CCCNC(=O)CN(C)C(=O)[C@H](Cc2ccccc2)NC(=O)[C@@H](C)NC1=O. The van der Waals surface area contributed by atoms with Crippen molar-refractivity contribution in [1.82, 2.24) is 31.5 Å². The summed E-state index contributed by atoms with van der Waals surface area (Å²) in [5.41, 5.74) is -1.13. The molecule has 0 aromatic heterocycles. The zero-order valence-electron chi connectivity index (χ0n) is 27.1. The van der Waals surface area contributed by atoms with Crippen molar-refractivity contribution in [3.05, 3.63) is 71.3 Å². The van der Waals surface area contributed by atoms with Crippen molar-refractivity contribution in [1.29, 1.82) is 0 Å². The van der Waals surface area contributed by atoms with Crippen molar-refractivity contribution in [2.24, 2.45) is 5.92 Å². The monoisotopic (exact) mass is 674 g/mol. The molecule has 0 aliphatic carbocycles. The molecule has 6 amide bonds. The molecule has 0 bridgehead atoms. The highest BCUT2D eigenvalue weighted by molar-refractivity contribution is 6.00. The Morgan fingerprint density at radius 3 is 2.21 bits per heavy atom. The van der Waals surface area contributed by atoms with Crippen molar-refractivity contribution in [3.63, 3.8) is 0 Å². The Morgan fingerprint density at radius 2 is 1.56 bits per heavy atom. The van der Waals surface area contributed by atoms with E-state index in [-0.39, 0.29) is 32.4 Å². The van der Waals surface area contributed by atoms with E-state index in [2.05, 4.69) is 26.6 Å². The number of hydrogen-bond acceptors (Lipinski definition) is 6. The van der Waals surface area contributed by atoms with E-state index in [1.165, 1.54) is 20.0 Å². The molecule has 5 N–H and O–H groups in total. The van der Waals surface area contributed by atoms with E-state index in [9.17, 15) is 41.9 Å². The molecule has 2 aromatic carbocycles. The highest BCUT2D eigenvalue weighted by Crippen LogP contribution is 2.31. The van der Waals surface area contributed by atoms with Crippen LogP contribution in [-0.4, -0.2) is 84.6 Å². The number of likely N-dealkylation sites (N-methyl/N-ethyl adjacent to an activating group) is 1. The average Bonchev–Trinajstić information content (AvgIpc) is 3.03. The van der Waals surface area contributed by atoms with Gasteiger partial charge in [-0.15, -0.1) is 0 Å². The maximum Gasteiger partial charge on any atom is 0.417 e. The highest BCUT2D eigenvalue weighted by Gasteiger charge is 2.36. The summed E-state index contributed by atoms with van der Waals surface area (Å²) in [6.45, 7) is 4.29. The number of halogens is 3. The first-order valence-corrected chi connectivity index (χ1v) is 15.5. The van der Waals surface area contributed by atoms with Crippen LogP contribution in [0.2, 0.25) is 0 Å². The fourth-order valence-corrected chi connectivity index (χ4v) is 5.09.